The SMILES string of the molecule is CNC(=O)c1cc2cc([N+](=O)[O-])ccc2o1. The van der Waals surface area contributed by atoms with E-state index in [1.54, 1.807) is 0 Å². The van der Waals surface area contributed by atoms with Crippen LogP contribution < -0.4 is 5.32 Å². The predicted octanol–water partition coefficient (Wildman–Crippen LogP) is 1.70. The molecule has 1 aromatic carbocycles. The molecule has 1 amide bonds. The van der Waals surface area contributed by atoms with Gasteiger partial charge in [0, 0.05) is 24.6 Å². The summed E-state index contributed by atoms with van der Waals surface area (Å²) in [6.45, 7) is 0. The number of nitro groups is 1. The Bertz CT molecular complexity index is 573. The lowest BCUT2D eigenvalue weighted by atomic mass is 10.2. The van der Waals surface area contributed by atoms with Crippen molar-refractivity contribution in [1.29, 1.82) is 0 Å². The van der Waals surface area contributed by atoms with Crippen molar-refractivity contribution in [3.63, 3.8) is 0 Å². The Morgan fingerprint density at radius 2 is 2.19 bits per heavy atom. The standard InChI is InChI=1S/C10H8N2O4/c1-11-10(13)9-5-6-4-7(12(14)15)2-3-8(6)16-9/h2-5H,1H3,(H,11,13). The summed E-state index contributed by atoms with van der Waals surface area (Å²) in [5, 5.41) is 13.5. The number of carbonyl (C=O) groups excluding carboxylic acids is 1. The Morgan fingerprint density at radius 1 is 1.44 bits per heavy atom. The van der Waals surface area contributed by atoms with Crippen LogP contribution in [0.25, 0.3) is 11.0 Å². The van der Waals surface area contributed by atoms with Crippen LogP contribution >= 0.6 is 0 Å². The van der Waals surface area contributed by atoms with Gasteiger partial charge < -0.3 is 9.73 Å². The van der Waals surface area contributed by atoms with Crippen molar-refractivity contribution in [1.82, 2.24) is 5.32 Å². The molecule has 0 aliphatic rings. The molecule has 0 aliphatic carbocycles. The second kappa shape index (κ2) is 3.65. The molecule has 82 valence electrons. The number of nitrogens with zero attached hydrogens (tertiary/aromatic N) is 1. The van der Waals surface area contributed by atoms with E-state index < -0.39 is 4.92 Å². The molecule has 0 saturated heterocycles. The molecule has 2 aromatic rings. The van der Waals surface area contributed by atoms with Crippen LogP contribution in [0, 0.1) is 10.1 Å². The third kappa shape index (κ3) is 1.60. The number of amides is 1. The largest absolute Gasteiger partial charge is 0.451 e. The number of nitro benzene ring substituents is 1. The van der Waals surface area contributed by atoms with Gasteiger partial charge in [0.1, 0.15) is 5.58 Å². The highest BCUT2D eigenvalue weighted by molar-refractivity contribution is 5.96. The predicted molar refractivity (Wildman–Crippen MR) is 56.3 cm³/mol. The molecule has 0 radical (unpaired) electrons. The van der Waals surface area contributed by atoms with Crippen LogP contribution in [0.1, 0.15) is 10.6 Å². The number of non-ortho nitro benzene ring substituents is 1. The maximum Gasteiger partial charge on any atom is 0.286 e. The Morgan fingerprint density at radius 3 is 2.81 bits per heavy atom. The van der Waals surface area contributed by atoms with Gasteiger partial charge in [-0.2, -0.15) is 0 Å². The van der Waals surface area contributed by atoms with Gasteiger partial charge in [-0.1, -0.05) is 0 Å². The molecular formula is C10H8N2O4. The topological polar surface area (TPSA) is 85.4 Å². The number of carbonyl (C=O) groups is 1. The lowest BCUT2D eigenvalue weighted by Crippen LogP contribution is -2.16. The van der Waals surface area contributed by atoms with Gasteiger partial charge in [0.15, 0.2) is 5.76 Å². The highest BCUT2D eigenvalue weighted by atomic mass is 16.6. The number of furan rings is 1. The molecule has 0 saturated carbocycles. The molecule has 1 aromatic heterocycles. The lowest BCUT2D eigenvalue weighted by Gasteiger charge is -1.91. The van der Waals surface area contributed by atoms with E-state index in [-0.39, 0.29) is 17.4 Å². The van der Waals surface area contributed by atoms with Gasteiger partial charge in [0.2, 0.25) is 0 Å². The molecule has 16 heavy (non-hydrogen) atoms. The quantitative estimate of drug-likeness (QED) is 0.616. The van der Waals surface area contributed by atoms with E-state index in [4.69, 9.17) is 4.42 Å². The van der Waals surface area contributed by atoms with E-state index in [9.17, 15) is 14.9 Å². The van der Waals surface area contributed by atoms with Crippen LogP contribution in [0.2, 0.25) is 0 Å². The summed E-state index contributed by atoms with van der Waals surface area (Å²) >= 11 is 0. The smallest absolute Gasteiger partial charge is 0.286 e. The molecule has 6 heteroatoms. The van der Waals surface area contributed by atoms with E-state index >= 15 is 0 Å². The molecule has 6 nitrogen and oxygen atoms in total. The maximum atomic E-state index is 11.3. The van der Waals surface area contributed by atoms with Crippen LogP contribution in [0.4, 0.5) is 5.69 Å². The first-order chi connectivity index (χ1) is 7.61. The van der Waals surface area contributed by atoms with Crippen molar-refractivity contribution in [2.45, 2.75) is 0 Å². The molecule has 0 unspecified atom stereocenters. The molecular weight excluding hydrogens is 212 g/mol. The Balaban J connectivity index is 2.54. The number of benzene rings is 1. The summed E-state index contributed by atoms with van der Waals surface area (Å²) in [5.41, 5.74) is 0.418. The highest BCUT2D eigenvalue weighted by Gasteiger charge is 2.13. The minimum Gasteiger partial charge on any atom is -0.451 e. The van der Waals surface area contributed by atoms with E-state index in [2.05, 4.69) is 5.32 Å². The van der Waals surface area contributed by atoms with Gasteiger partial charge in [-0.25, -0.2) is 0 Å². The molecule has 0 spiro atoms. The van der Waals surface area contributed by atoms with Crippen molar-refractivity contribution in [3.8, 4) is 0 Å². The van der Waals surface area contributed by atoms with E-state index in [1.807, 2.05) is 0 Å². The molecule has 1 heterocycles. The van der Waals surface area contributed by atoms with Crippen LogP contribution in [0.5, 0.6) is 0 Å². The third-order valence-electron chi connectivity index (χ3n) is 2.16. The van der Waals surface area contributed by atoms with Gasteiger partial charge in [-0.15, -0.1) is 0 Å². The second-order valence-corrected chi connectivity index (χ2v) is 3.17. The summed E-state index contributed by atoms with van der Waals surface area (Å²) in [6, 6.07) is 5.64. The van der Waals surface area contributed by atoms with Gasteiger partial charge in [-0.3, -0.25) is 14.9 Å². The van der Waals surface area contributed by atoms with Crippen LogP contribution in [0.3, 0.4) is 0 Å². The fourth-order valence-corrected chi connectivity index (χ4v) is 1.38. The fraction of sp³-hybridized carbons (Fsp3) is 0.100. The Kier molecular flexibility index (Phi) is 2.32. The average molecular weight is 220 g/mol. The van der Waals surface area contributed by atoms with Crippen molar-refractivity contribution >= 4 is 22.6 Å². The summed E-state index contributed by atoms with van der Waals surface area (Å²) in [4.78, 5) is 21.3. The summed E-state index contributed by atoms with van der Waals surface area (Å²) in [7, 11) is 1.48. The minimum absolute atomic E-state index is 0.0308. The van der Waals surface area contributed by atoms with E-state index in [0.717, 1.165) is 0 Å². The van der Waals surface area contributed by atoms with Crippen LogP contribution in [-0.2, 0) is 0 Å². The zero-order chi connectivity index (χ0) is 11.7. The first-order valence-corrected chi connectivity index (χ1v) is 4.52. The van der Waals surface area contributed by atoms with Gasteiger partial charge in [0.05, 0.1) is 4.92 Å². The van der Waals surface area contributed by atoms with Crippen LogP contribution in [-0.4, -0.2) is 17.9 Å². The molecule has 0 fully saturated rings. The second-order valence-electron chi connectivity index (χ2n) is 3.17. The summed E-state index contributed by atoms with van der Waals surface area (Å²) in [6.07, 6.45) is 0. The van der Waals surface area contributed by atoms with Crippen molar-refractivity contribution in [3.05, 3.63) is 40.1 Å². The first kappa shape index (κ1) is 10.2. The number of hydrogen-bond donors (Lipinski definition) is 1. The number of nitrogens with one attached hydrogen (secondary N) is 1. The number of rotatable bonds is 2. The molecule has 1 N–H and O–H groups in total. The van der Waals surface area contributed by atoms with E-state index in [1.165, 1.54) is 31.3 Å². The minimum atomic E-state index is -0.494. The number of hydrogen-bond acceptors (Lipinski definition) is 4. The van der Waals surface area contributed by atoms with Crippen molar-refractivity contribution < 1.29 is 14.1 Å². The average Bonchev–Trinajstić information content (AvgIpc) is 2.70. The zero-order valence-corrected chi connectivity index (χ0v) is 8.39. The first-order valence-electron chi connectivity index (χ1n) is 4.52. The van der Waals surface area contributed by atoms with Gasteiger partial charge >= 0.3 is 0 Å². The Hall–Kier alpha value is -2.37. The highest BCUT2D eigenvalue weighted by Crippen LogP contribution is 2.23. The van der Waals surface area contributed by atoms with Crippen molar-refractivity contribution in [2.24, 2.45) is 0 Å². The van der Waals surface area contributed by atoms with Gasteiger partial charge in [0.25, 0.3) is 11.6 Å². The van der Waals surface area contributed by atoms with Gasteiger partial charge in [-0.05, 0) is 12.1 Å². The maximum absolute atomic E-state index is 11.3. The van der Waals surface area contributed by atoms with Crippen molar-refractivity contribution in [2.75, 3.05) is 7.05 Å². The molecule has 0 atom stereocenters. The Labute approximate surface area is 90.0 Å². The van der Waals surface area contributed by atoms with Crippen LogP contribution in [0.15, 0.2) is 28.7 Å². The number of fused-ring (bicyclic) bond motifs is 1. The zero-order valence-electron chi connectivity index (χ0n) is 8.39. The molecule has 2 rings (SSSR count). The molecule has 0 aliphatic heterocycles. The lowest BCUT2D eigenvalue weighted by molar-refractivity contribution is -0.384. The normalized spacial score (nSPS) is 10.3. The summed E-state index contributed by atoms with van der Waals surface area (Å²) < 4.78 is 5.22. The molecule has 0 bridgehead atoms. The monoisotopic (exact) mass is 220 g/mol. The summed E-state index contributed by atoms with van der Waals surface area (Å²) in [5.74, 6) is -0.225. The van der Waals surface area contributed by atoms with E-state index in [0.29, 0.717) is 11.0 Å². The fourth-order valence-electron chi connectivity index (χ4n) is 1.38. The third-order valence-corrected chi connectivity index (χ3v) is 2.16.